The van der Waals surface area contributed by atoms with Gasteiger partial charge in [0.1, 0.15) is 0 Å². The fourth-order valence-electron chi connectivity index (χ4n) is 0. The molecule has 0 fully saturated rings. The Balaban J connectivity index is -0.00000000377. The van der Waals surface area contributed by atoms with E-state index in [2.05, 4.69) is 20.5 Å². The third kappa shape index (κ3) is 4860. The molecule has 106 valence electrons. The summed E-state index contributed by atoms with van der Waals surface area (Å²) >= 11 is 3.38. The van der Waals surface area contributed by atoms with Gasteiger partial charge in [0.25, 0.3) is 0 Å². The Morgan fingerprint density at radius 1 is 0.786 bits per heavy atom. The van der Waals surface area contributed by atoms with Gasteiger partial charge < -0.3 is 32.9 Å². The van der Waals surface area contributed by atoms with Crippen LogP contribution in [0.15, 0.2) is 0 Å². The van der Waals surface area contributed by atoms with E-state index in [1.807, 2.05) is 0 Å². The molecule has 0 amide bonds. The molecule has 0 saturated heterocycles. The van der Waals surface area contributed by atoms with Gasteiger partial charge in [0, 0.05) is 16.8 Å². The standard InChI is InChI=1S/Co.H2N.Ni.H2O4S.6H2O/c;;;1-5(2,3)4;;;;;;/h;1H2;;(H2,1,2,3,4);6*1H2/q;-1;+1;;;;;;;. The second-order valence-electron chi connectivity index (χ2n) is 0.448. The zero-order valence-electron chi connectivity index (χ0n) is 6.35. The maximum absolute atomic E-state index is 8.74. The van der Waals surface area contributed by atoms with E-state index in [1.54, 1.807) is 0 Å². The van der Waals surface area contributed by atoms with E-state index in [1.165, 1.54) is 0 Å². The van der Waals surface area contributed by atoms with Gasteiger partial charge in [-0.25, -0.2) is 0 Å². The average Bonchev–Trinajstić information content (AvgIpc) is 1.36. The number of rotatable bonds is 0. The van der Waals surface area contributed by atoms with E-state index in [0.717, 1.165) is 0 Å². The van der Waals surface area contributed by atoms with Gasteiger partial charge in [-0.05, 0) is 0 Å². The predicted molar refractivity (Wildman–Crippen MR) is 40.0 cm³/mol. The van der Waals surface area contributed by atoms with Crippen molar-refractivity contribution in [1.82, 2.24) is 0 Å². The SMILES string of the molecule is O.O.O.O.O.O.O=S(=O)(O)O.[Co].[NH2][Ni]. The summed E-state index contributed by atoms with van der Waals surface area (Å²) < 4.78 is 31.6. The van der Waals surface area contributed by atoms with Crippen LogP contribution in [0.5, 0.6) is 0 Å². The van der Waals surface area contributed by atoms with Crippen LogP contribution in [0.1, 0.15) is 0 Å². The van der Waals surface area contributed by atoms with Crippen molar-refractivity contribution in [2.24, 2.45) is 4.81 Å². The van der Waals surface area contributed by atoms with E-state index in [4.69, 9.17) is 17.5 Å². The van der Waals surface area contributed by atoms with Gasteiger partial charge in [-0.1, -0.05) is 0 Å². The Hall–Kier alpha value is 0.590. The van der Waals surface area contributed by atoms with Crippen LogP contribution >= 0.6 is 0 Å². The summed E-state index contributed by atoms with van der Waals surface area (Å²) in [6.45, 7) is 0. The molecule has 0 atom stereocenters. The molecular weight excluding hydrogens is 324 g/mol. The molecule has 0 unspecified atom stereocenters. The maximum atomic E-state index is 8.74. The fraction of sp³-hybridized carbons (Fsp3) is 0. The summed E-state index contributed by atoms with van der Waals surface area (Å²) in [6.07, 6.45) is 0. The first-order valence-corrected chi connectivity index (χ1v) is 2.85. The van der Waals surface area contributed by atoms with Crippen LogP contribution in [0.4, 0.5) is 0 Å². The monoisotopic (exact) mass is 339 g/mol. The predicted octanol–water partition coefficient (Wildman–Crippen LogP) is -6.20. The molecule has 0 aliphatic heterocycles. The van der Waals surface area contributed by atoms with E-state index in [-0.39, 0.29) is 49.6 Å². The summed E-state index contributed by atoms with van der Waals surface area (Å²) in [5, 5.41) is 0. The van der Waals surface area contributed by atoms with Crippen molar-refractivity contribution >= 4 is 10.4 Å². The van der Waals surface area contributed by atoms with Gasteiger partial charge in [-0.15, -0.1) is 0 Å². The average molecular weight is 340 g/mol. The molecular formula is H16CoNNiO10S. The molecule has 0 heterocycles. The summed E-state index contributed by atoms with van der Waals surface area (Å²) in [6, 6.07) is 0. The molecule has 11 nitrogen and oxygen atoms in total. The first-order chi connectivity index (χ1) is 3.00. The molecule has 0 rings (SSSR count). The van der Waals surface area contributed by atoms with Gasteiger partial charge in [-0.3, -0.25) is 9.11 Å². The van der Waals surface area contributed by atoms with Gasteiger partial charge in [0.15, 0.2) is 0 Å². The van der Waals surface area contributed by atoms with Crippen LogP contribution < -0.4 is 4.81 Å². The van der Waals surface area contributed by atoms with Crippen molar-refractivity contribution in [2.45, 2.75) is 0 Å². The zero-order chi connectivity index (χ0) is 6.50. The van der Waals surface area contributed by atoms with E-state index < -0.39 is 10.4 Å². The Labute approximate surface area is 98.2 Å². The van der Waals surface area contributed by atoms with Crippen LogP contribution in [-0.4, -0.2) is 50.4 Å². The van der Waals surface area contributed by atoms with E-state index in [0.29, 0.717) is 0 Å². The molecule has 16 N–H and O–H groups in total. The van der Waals surface area contributed by atoms with Crippen LogP contribution in [0.2, 0.25) is 0 Å². The van der Waals surface area contributed by atoms with Crippen molar-refractivity contribution in [3.63, 3.8) is 0 Å². The Morgan fingerprint density at radius 3 is 0.786 bits per heavy atom. The van der Waals surface area contributed by atoms with Crippen LogP contribution in [0, 0.1) is 0 Å². The van der Waals surface area contributed by atoms with Crippen molar-refractivity contribution in [2.75, 3.05) is 0 Å². The summed E-state index contributed by atoms with van der Waals surface area (Å²) in [4.78, 5) is 4.12. The van der Waals surface area contributed by atoms with E-state index in [9.17, 15) is 0 Å². The van der Waals surface area contributed by atoms with Crippen LogP contribution in [0.3, 0.4) is 0 Å². The third-order valence-corrected chi connectivity index (χ3v) is 0. The first kappa shape index (κ1) is 86.2. The van der Waals surface area contributed by atoms with Gasteiger partial charge >= 0.3 is 30.9 Å². The zero-order valence-corrected chi connectivity index (χ0v) is 9.19. The second-order valence-corrected chi connectivity index (χ2v) is 1.34. The fourth-order valence-corrected chi connectivity index (χ4v) is 0. The van der Waals surface area contributed by atoms with Crippen LogP contribution in [-0.2, 0) is 42.9 Å². The second kappa shape index (κ2) is 49.6. The summed E-state index contributed by atoms with van der Waals surface area (Å²) in [5.74, 6) is 0. The minimum atomic E-state index is -4.67. The number of nitrogens with two attached hydrogens (primary N) is 1. The molecule has 0 aromatic rings. The molecule has 0 aromatic carbocycles. The normalized spacial score (nSPS) is 4.64. The number of hydrogen-bond donors (Lipinski definition) is 3. The molecule has 1 radical (unpaired) electrons. The minimum absolute atomic E-state index is 0. The molecule has 0 saturated carbocycles. The number of hydrogen-bond acceptors (Lipinski definition) is 3. The summed E-state index contributed by atoms with van der Waals surface area (Å²) in [5.41, 5.74) is 0. The molecule has 14 heteroatoms. The van der Waals surface area contributed by atoms with E-state index >= 15 is 0 Å². The van der Waals surface area contributed by atoms with Gasteiger partial charge in [0.2, 0.25) is 0 Å². The quantitative estimate of drug-likeness (QED) is 0.285. The molecule has 14 heavy (non-hydrogen) atoms. The summed E-state index contributed by atoms with van der Waals surface area (Å²) in [7, 11) is -4.67. The third-order valence-electron chi connectivity index (χ3n) is 0. The molecule has 0 bridgehead atoms. The van der Waals surface area contributed by atoms with Gasteiger partial charge in [-0.2, -0.15) is 8.42 Å². The van der Waals surface area contributed by atoms with Crippen molar-refractivity contribution < 1.29 is 82.8 Å². The van der Waals surface area contributed by atoms with Crippen molar-refractivity contribution in [3.05, 3.63) is 0 Å². The molecule has 0 aliphatic carbocycles. The van der Waals surface area contributed by atoms with Crippen molar-refractivity contribution in [3.8, 4) is 0 Å². The van der Waals surface area contributed by atoms with Crippen LogP contribution in [0.25, 0.3) is 0 Å². The Morgan fingerprint density at radius 2 is 0.786 bits per heavy atom. The molecule has 0 aromatic heterocycles. The molecule has 0 spiro atoms. The van der Waals surface area contributed by atoms with Crippen molar-refractivity contribution in [1.29, 1.82) is 0 Å². The van der Waals surface area contributed by atoms with Gasteiger partial charge in [0.05, 0.1) is 0 Å². The first-order valence-electron chi connectivity index (χ1n) is 0.881. The molecule has 0 aliphatic rings. The Bertz CT molecular complexity index is 103. The topological polar surface area (TPSA) is 290 Å². The Kier molecular flexibility index (Phi) is 306.